The van der Waals surface area contributed by atoms with Crippen molar-refractivity contribution in [3.05, 3.63) is 29.8 Å². The average molecular weight is 347 g/mol. The number of rotatable bonds is 4. The number of amides is 2. The Labute approximate surface area is 149 Å². The van der Waals surface area contributed by atoms with Crippen molar-refractivity contribution >= 4 is 11.8 Å². The average Bonchev–Trinajstić information content (AvgIpc) is 2.60. The molecule has 1 aliphatic rings. The van der Waals surface area contributed by atoms with Crippen LogP contribution >= 0.6 is 0 Å². The summed E-state index contributed by atoms with van der Waals surface area (Å²) >= 11 is 0. The van der Waals surface area contributed by atoms with E-state index in [0.717, 1.165) is 11.3 Å². The van der Waals surface area contributed by atoms with Crippen molar-refractivity contribution < 1.29 is 14.3 Å². The molecular formula is C19H29N3O3. The van der Waals surface area contributed by atoms with Crippen molar-refractivity contribution in [1.82, 2.24) is 9.80 Å². The summed E-state index contributed by atoms with van der Waals surface area (Å²) in [6.45, 7) is 8.05. The lowest BCUT2D eigenvalue weighted by Crippen LogP contribution is -2.57. The maximum absolute atomic E-state index is 12.5. The normalized spacial score (nSPS) is 16.5. The van der Waals surface area contributed by atoms with E-state index in [9.17, 15) is 9.59 Å². The number of hydrogen-bond donors (Lipinski definition) is 1. The van der Waals surface area contributed by atoms with E-state index in [1.165, 1.54) is 0 Å². The first-order chi connectivity index (χ1) is 11.7. The summed E-state index contributed by atoms with van der Waals surface area (Å²) in [6, 6.07) is 7.01. The molecule has 2 rings (SSSR count). The quantitative estimate of drug-likeness (QED) is 0.890. The second kappa shape index (κ2) is 7.87. The van der Waals surface area contributed by atoms with Gasteiger partial charge in [0.15, 0.2) is 0 Å². The van der Waals surface area contributed by atoms with Gasteiger partial charge in [0, 0.05) is 26.2 Å². The summed E-state index contributed by atoms with van der Waals surface area (Å²) < 4.78 is 5.19. The summed E-state index contributed by atoms with van der Waals surface area (Å²) in [7, 11) is 1.61. The van der Waals surface area contributed by atoms with E-state index in [-0.39, 0.29) is 17.2 Å². The summed E-state index contributed by atoms with van der Waals surface area (Å²) in [5.41, 5.74) is 6.73. The number of carbonyl (C=O) groups is 2. The van der Waals surface area contributed by atoms with Gasteiger partial charge in [-0.3, -0.25) is 9.59 Å². The van der Waals surface area contributed by atoms with Gasteiger partial charge in [0.1, 0.15) is 5.75 Å². The van der Waals surface area contributed by atoms with Crippen LogP contribution in [0.25, 0.3) is 0 Å². The maximum atomic E-state index is 12.5. The van der Waals surface area contributed by atoms with Crippen molar-refractivity contribution in [2.24, 2.45) is 11.1 Å². The van der Waals surface area contributed by atoms with Crippen LogP contribution in [0.15, 0.2) is 24.3 Å². The van der Waals surface area contributed by atoms with Crippen LogP contribution in [-0.4, -0.2) is 60.9 Å². The number of nitrogens with two attached hydrogens (primary N) is 1. The fraction of sp³-hybridized carbons (Fsp3) is 0.579. The van der Waals surface area contributed by atoms with Gasteiger partial charge in [0.05, 0.1) is 19.6 Å². The first-order valence-corrected chi connectivity index (χ1v) is 8.67. The number of carbonyl (C=O) groups excluding carboxylic acids is 2. The molecule has 6 heteroatoms. The number of methoxy groups -OCH3 is 1. The Hall–Kier alpha value is -2.08. The Morgan fingerprint density at radius 3 is 2.32 bits per heavy atom. The first kappa shape index (κ1) is 19.2. The molecule has 138 valence electrons. The summed E-state index contributed by atoms with van der Waals surface area (Å²) in [6.07, 6.45) is 0.340. The predicted molar refractivity (Wildman–Crippen MR) is 97.3 cm³/mol. The van der Waals surface area contributed by atoms with Gasteiger partial charge in [-0.25, -0.2) is 0 Å². The number of benzene rings is 1. The zero-order chi connectivity index (χ0) is 18.6. The molecule has 0 bridgehead atoms. The second-order valence-electron chi connectivity index (χ2n) is 7.58. The molecule has 1 fully saturated rings. The molecule has 2 N–H and O–H groups in total. The highest BCUT2D eigenvalue weighted by atomic mass is 16.5. The fourth-order valence-electron chi connectivity index (χ4n) is 2.81. The lowest BCUT2D eigenvalue weighted by molar-refractivity contribution is -0.141. The van der Waals surface area contributed by atoms with E-state index in [0.29, 0.717) is 32.6 Å². The summed E-state index contributed by atoms with van der Waals surface area (Å²) in [5, 5.41) is 0. The van der Waals surface area contributed by atoms with E-state index in [4.69, 9.17) is 10.5 Å². The van der Waals surface area contributed by atoms with Gasteiger partial charge in [0.25, 0.3) is 0 Å². The van der Waals surface area contributed by atoms with Crippen LogP contribution in [0.5, 0.6) is 5.75 Å². The van der Waals surface area contributed by atoms with Gasteiger partial charge < -0.3 is 20.3 Å². The Kier molecular flexibility index (Phi) is 6.06. The molecule has 1 atom stereocenters. The molecule has 1 saturated heterocycles. The topological polar surface area (TPSA) is 75.9 Å². The molecule has 6 nitrogen and oxygen atoms in total. The van der Waals surface area contributed by atoms with Crippen LogP contribution in [0, 0.1) is 5.41 Å². The molecule has 0 unspecified atom stereocenters. The third kappa shape index (κ3) is 4.95. The fourth-order valence-corrected chi connectivity index (χ4v) is 2.81. The minimum absolute atomic E-state index is 0.0348. The Balaban J connectivity index is 1.89. The standard InChI is InChI=1S/C19H29N3O3/c1-19(2,3)17(20)18(24)22-10-8-21(9-11-22)16(23)13-14-6-5-7-15(12-14)25-4/h5-7,12,17H,8-11,13,20H2,1-4H3/t17-/m1/s1. The largest absolute Gasteiger partial charge is 0.497 e. The van der Waals surface area contributed by atoms with E-state index in [1.807, 2.05) is 49.9 Å². The zero-order valence-corrected chi connectivity index (χ0v) is 15.6. The number of piperazine rings is 1. The van der Waals surface area contributed by atoms with Crippen LogP contribution < -0.4 is 10.5 Å². The third-order valence-electron chi connectivity index (χ3n) is 4.63. The van der Waals surface area contributed by atoms with Crippen LogP contribution in [0.4, 0.5) is 0 Å². The monoisotopic (exact) mass is 347 g/mol. The Morgan fingerprint density at radius 2 is 1.76 bits per heavy atom. The third-order valence-corrected chi connectivity index (χ3v) is 4.63. The van der Waals surface area contributed by atoms with Gasteiger partial charge >= 0.3 is 0 Å². The van der Waals surface area contributed by atoms with E-state index < -0.39 is 6.04 Å². The van der Waals surface area contributed by atoms with Crippen molar-refractivity contribution in [1.29, 1.82) is 0 Å². The minimum atomic E-state index is -0.522. The van der Waals surface area contributed by atoms with Gasteiger partial charge in [-0.1, -0.05) is 32.9 Å². The molecular weight excluding hydrogens is 318 g/mol. The molecule has 1 aromatic carbocycles. The number of ether oxygens (including phenoxy) is 1. The molecule has 0 aliphatic carbocycles. The summed E-state index contributed by atoms with van der Waals surface area (Å²) in [5.74, 6) is 0.782. The molecule has 2 amide bonds. The van der Waals surface area contributed by atoms with Crippen LogP contribution in [0.1, 0.15) is 26.3 Å². The highest BCUT2D eigenvalue weighted by Gasteiger charge is 2.33. The zero-order valence-electron chi connectivity index (χ0n) is 15.6. The van der Waals surface area contributed by atoms with Crippen LogP contribution in [-0.2, 0) is 16.0 Å². The highest BCUT2D eigenvalue weighted by molar-refractivity contribution is 5.83. The Bertz CT molecular complexity index is 617. The van der Waals surface area contributed by atoms with Gasteiger partial charge in [-0.15, -0.1) is 0 Å². The molecule has 1 aliphatic heterocycles. The van der Waals surface area contributed by atoms with E-state index in [1.54, 1.807) is 12.0 Å². The van der Waals surface area contributed by atoms with E-state index in [2.05, 4.69) is 0 Å². The van der Waals surface area contributed by atoms with Crippen molar-refractivity contribution in [2.75, 3.05) is 33.3 Å². The second-order valence-corrected chi connectivity index (χ2v) is 7.58. The molecule has 0 radical (unpaired) electrons. The smallest absolute Gasteiger partial charge is 0.240 e. The molecule has 1 aromatic rings. The Morgan fingerprint density at radius 1 is 1.16 bits per heavy atom. The lowest BCUT2D eigenvalue weighted by atomic mass is 9.86. The van der Waals surface area contributed by atoms with Gasteiger partial charge in [-0.05, 0) is 23.1 Å². The van der Waals surface area contributed by atoms with Gasteiger partial charge in [0.2, 0.25) is 11.8 Å². The number of hydrogen-bond acceptors (Lipinski definition) is 4. The SMILES string of the molecule is COc1cccc(CC(=O)N2CCN(C(=O)[C@@H](N)C(C)(C)C)CC2)c1. The lowest BCUT2D eigenvalue weighted by Gasteiger charge is -2.38. The minimum Gasteiger partial charge on any atom is -0.497 e. The first-order valence-electron chi connectivity index (χ1n) is 8.67. The molecule has 0 spiro atoms. The molecule has 1 heterocycles. The number of nitrogens with zero attached hydrogens (tertiary/aromatic N) is 2. The van der Waals surface area contributed by atoms with Crippen molar-refractivity contribution in [3.8, 4) is 5.75 Å². The molecule has 0 aromatic heterocycles. The van der Waals surface area contributed by atoms with Crippen molar-refractivity contribution in [3.63, 3.8) is 0 Å². The van der Waals surface area contributed by atoms with Crippen LogP contribution in [0.3, 0.4) is 0 Å². The van der Waals surface area contributed by atoms with Crippen molar-refractivity contribution in [2.45, 2.75) is 33.2 Å². The summed E-state index contributed by atoms with van der Waals surface area (Å²) in [4.78, 5) is 28.5. The van der Waals surface area contributed by atoms with Gasteiger partial charge in [-0.2, -0.15) is 0 Å². The highest BCUT2D eigenvalue weighted by Crippen LogP contribution is 2.20. The molecule has 25 heavy (non-hydrogen) atoms. The van der Waals surface area contributed by atoms with E-state index >= 15 is 0 Å². The molecule has 0 saturated carbocycles. The van der Waals surface area contributed by atoms with Crippen LogP contribution in [0.2, 0.25) is 0 Å². The maximum Gasteiger partial charge on any atom is 0.240 e. The predicted octanol–water partition coefficient (Wildman–Crippen LogP) is 1.28.